The summed E-state index contributed by atoms with van der Waals surface area (Å²) in [6.45, 7) is 2.04. The maximum absolute atomic E-state index is 9.76. The average molecular weight is 240 g/mol. The summed E-state index contributed by atoms with van der Waals surface area (Å²) in [5.74, 6) is -0.932. The molecule has 3 N–H and O–H groups in total. The zero-order chi connectivity index (χ0) is 10.7. The van der Waals surface area contributed by atoms with E-state index in [1.165, 1.54) is 0 Å². The molecule has 0 radical (unpaired) electrons. The van der Waals surface area contributed by atoms with Crippen molar-refractivity contribution < 1.29 is 59.6 Å². The van der Waals surface area contributed by atoms with Gasteiger partial charge in [0.1, 0.15) is 0 Å². The topological polar surface area (TPSA) is 110 Å². The Morgan fingerprint density at radius 1 is 1.40 bits per heavy atom. The van der Waals surface area contributed by atoms with Crippen molar-refractivity contribution in [2.24, 2.45) is 0 Å². The first-order valence-electron chi connectivity index (χ1n) is 3.90. The van der Waals surface area contributed by atoms with Crippen LogP contribution in [0.15, 0.2) is 0 Å². The summed E-state index contributed by atoms with van der Waals surface area (Å²) < 4.78 is 0. The van der Waals surface area contributed by atoms with E-state index in [0.29, 0.717) is 0 Å². The Morgan fingerprint density at radius 2 is 1.80 bits per heavy atom. The fourth-order valence-corrected chi connectivity index (χ4v) is 0.519. The van der Waals surface area contributed by atoms with Gasteiger partial charge in [0.15, 0.2) is 0 Å². The number of unbranched alkanes of at least 4 members (excludes halogenated alkanes) is 2. The SMILES string of the molecule is CCCCCC(=O)[O-].OOB(O)O.[Na+].[NaH]. The van der Waals surface area contributed by atoms with Gasteiger partial charge in [-0.2, -0.15) is 0 Å². The Morgan fingerprint density at radius 3 is 2.00 bits per heavy atom. The van der Waals surface area contributed by atoms with E-state index >= 15 is 0 Å². The number of aliphatic carboxylic acids is 1. The average Bonchev–Trinajstić information content (AvgIpc) is 2.05. The Balaban J connectivity index is -0.0000000770. The normalized spacial score (nSPS) is 7.47. The summed E-state index contributed by atoms with van der Waals surface area (Å²) in [5.41, 5.74) is 0. The van der Waals surface area contributed by atoms with Crippen LogP contribution in [0.2, 0.25) is 0 Å². The van der Waals surface area contributed by atoms with E-state index in [1.807, 2.05) is 6.92 Å². The van der Waals surface area contributed by atoms with Gasteiger partial charge < -0.3 is 19.9 Å². The number of hydrogen-bond acceptors (Lipinski definition) is 6. The van der Waals surface area contributed by atoms with Crippen LogP contribution < -0.4 is 34.7 Å². The van der Waals surface area contributed by atoms with E-state index in [2.05, 4.69) is 4.81 Å². The van der Waals surface area contributed by atoms with Crippen molar-refractivity contribution in [2.45, 2.75) is 32.6 Å². The second-order valence-corrected chi connectivity index (χ2v) is 2.26. The van der Waals surface area contributed by atoms with Gasteiger partial charge in [-0.3, -0.25) is 5.26 Å². The van der Waals surface area contributed by atoms with E-state index in [0.717, 1.165) is 19.3 Å². The summed E-state index contributed by atoms with van der Waals surface area (Å²) in [7, 11) is -2.06. The van der Waals surface area contributed by atoms with Gasteiger partial charge in [0, 0.05) is 5.97 Å². The molecule has 0 atom stereocenters. The molecular weight excluding hydrogens is 225 g/mol. The standard InChI is InChI=1S/C6H12O2.BH3O4.2Na.H/c1-2-3-4-5-6(7)8;2-1(3)5-4;;;/h2-5H2,1H3,(H,7,8);2-4H;;;/q;;;+1;/p-1. The van der Waals surface area contributed by atoms with Crippen molar-refractivity contribution in [1.29, 1.82) is 0 Å². The first kappa shape index (κ1) is 25.3. The van der Waals surface area contributed by atoms with Gasteiger partial charge in [-0.05, 0) is 12.8 Å². The van der Waals surface area contributed by atoms with Crippen molar-refractivity contribution in [3.63, 3.8) is 0 Å². The van der Waals surface area contributed by atoms with Gasteiger partial charge in [-0.1, -0.05) is 19.8 Å². The number of hydrogen-bond donors (Lipinski definition) is 3. The molecule has 0 amide bonds. The Bertz CT molecular complexity index is 126. The van der Waals surface area contributed by atoms with E-state index in [-0.39, 0.29) is 65.5 Å². The maximum atomic E-state index is 9.76. The molecule has 80 valence electrons. The molecule has 0 bridgehead atoms. The molecule has 9 heteroatoms. The molecule has 6 nitrogen and oxygen atoms in total. The van der Waals surface area contributed by atoms with Gasteiger partial charge in [0.25, 0.3) is 0 Å². The molecule has 0 aliphatic heterocycles. The molecule has 0 aromatic carbocycles. The van der Waals surface area contributed by atoms with E-state index in [9.17, 15) is 9.90 Å². The molecule has 0 heterocycles. The molecule has 0 saturated heterocycles. The van der Waals surface area contributed by atoms with E-state index < -0.39 is 13.3 Å². The third-order valence-electron chi connectivity index (χ3n) is 1.08. The molecule has 0 fully saturated rings. The molecule has 0 saturated carbocycles. The van der Waals surface area contributed by atoms with Crippen molar-refractivity contribution in [3.8, 4) is 0 Å². The zero-order valence-electron chi connectivity index (χ0n) is 8.47. The van der Waals surface area contributed by atoms with Crippen molar-refractivity contribution in [3.05, 3.63) is 0 Å². The third kappa shape index (κ3) is 39.2. The number of rotatable bonds is 5. The molecule has 0 aliphatic rings. The molecule has 0 aromatic rings. The predicted molar refractivity (Wildman–Crippen MR) is 50.2 cm³/mol. The van der Waals surface area contributed by atoms with Crippen LogP contribution in [-0.2, 0) is 9.60 Å². The molecular formula is C6H15BNa2O6. The number of carboxylic acids is 1. The molecule has 0 aliphatic carbocycles. The van der Waals surface area contributed by atoms with Crippen LogP contribution in [-0.4, -0.2) is 58.2 Å². The van der Waals surface area contributed by atoms with Crippen LogP contribution >= 0.6 is 0 Å². The van der Waals surface area contributed by atoms with Crippen LogP contribution in [0.5, 0.6) is 0 Å². The Labute approximate surface area is 134 Å². The van der Waals surface area contributed by atoms with E-state index in [4.69, 9.17) is 15.3 Å². The van der Waals surface area contributed by atoms with Gasteiger partial charge >= 0.3 is 66.4 Å². The van der Waals surface area contributed by atoms with Crippen LogP contribution in [0.4, 0.5) is 0 Å². The first-order chi connectivity index (χ1) is 6.04. The second kappa shape index (κ2) is 20.7. The molecule has 0 spiro atoms. The van der Waals surface area contributed by atoms with Gasteiger partial charge in [0.2, 0.25) is 0 Å². The van der Waals surface area contributed by atoms with Gasteiger partial charge in [-0.15, -0.1) is 0 Å². The van der Waals surface area contributed by atoms with Gasteiger partial charge in [0.05, 0.1) is 0 Å². The molecule has 0 rings (SSSR count). The van der Waals surface area contributed by atoms with Crippen LogP contribution in [0.25, 0.3) is 0 Å². The summed E-state index contributed by atoms with van der Waals surface area (Å²) in [6.07, 6.45) is 3.04. The Kier molecular flexibility index (Phi) is 35.0. The predicted octanol–water partition coefficient (Wildman–Crippen LogP) is -4.88. The van der Waals surface area contributed by atoms with Crippen molar-refractivity contribution >= 4 is 42.8 Å². The number of carboxylic acid groups (broad SMARTS) is 1. The fraction of sp³-hybridized carbons (Fsp3) is 0.833. The third-order valence-corrected chi connectivity index (χ3v) is 1.08. The minimum absolute atomic E-state index is 0. The minimum atomic E-state index is -2.06. The quantitative estimate of drug-likeness (QED) is 0.192. The summed E-state index contributed by atoms with van der Waals surface area (Å²) in [5, 5.41) is 31.8. The van der Waals surface area contributed by atoms with Crippen molar-refractivity contribution in [1.82, 2.24) is 0 Å². The molecule has 15 heavy (non-hydrogen) atoms. The zero-order valence-corrected chi connectivity index (χ0v) is 10.5. The molecule has 0 aromatic heterocycles. The summed E-state index contributed by atoms with van der Waals surface area (Å²) in [6, 6.07) is 0. The Hall–Kier alpha value is 1.37. The van der Waals surface area contributed by atoms with Crippen LogP contribution in [0, 0.1) is 0 Å². The molecule has 0 unspecified atom stereocenters. The first-order valence-corrected chi connectivity index (χ1v) is 3.90. The summed E-state index contributed by atoms with van der Waals surface area (Å²) >= 11 is 0. The van der Waals surface area contributed by atoms with Crippen LogP contribution in [0.3, 0.4) is 0 Å². The fourth-order valence-electron chi connectivity index (χ4n) is 0.519. The van der Waals surface area contributed by atoms with Crippen molar-refractivity contribution in [2.75, 3.05) is 0 Å². The van der Waals surface area contributed by atoms with Gasteiger partial charge in [-0.25, -0.2) is 4.81 Å². The number of carbonyl (C=O) groups is 1. The number of carbonyl (C=O) groups excluding carboxylic acids is 1. The monoisotopic (exact) mass is 240 g/mol. The van der Waals surface area contributed by atoms with E-state index in [1.54, 1.807) is 0 Å². The second-order valence-electron chi connectivity index (χ2n) is 2.26. The van der Waals surface area contributed by atoms with Crippen LogP contribution in [0.1, 0.15) is 32.6 Å². The summed E-state index contributed by atoms with van der Waals surface area (Å²) in [4.78, 5) is 12.6.